The summed E-state index contributed by atoms with van der Waals surface area (Å²) in [6, 6.07) is -0.396. The fourth-order valence-corrected chi connectivity index (χ4v) is 2.46. The molecule has 0 saturated carbocycles. The molecule has 0 aromatic carbocycles. The molecule has 2 aliphatic heterocycles. The molecule has 25 heavy (non-hydrogen) atoms. The van der Waals surface area contributed by atoms with Crippen LogP contribution >= 0.6 is 0 Å². The number of aliphatic imine (C=N–C) groups is 3. The molecule has 3 unspecified atom stereocenters. The number of aliphatic hydroxyl groups excluding tert-OH is 2. The summed E-state index contributed by atoms with van der Waals surface area (Å²) in [6.45, 7) is 4.12. The van der Waals surface area contributed by atoms with Crippen molar-refractivity contribution < 1.29 is 14.9 Å². The Morgan fingerprint density at radius 2 is 2.28 bits per heavy atom. The lowest BCUT2D eigenvalue weighted by atomic mass is 10.1. The van der Waals surface area contributed by atoms with Crippen LogP contribution in [0.15, 0.2) is 20.1 Å². The summed E-state index contributed by atoms with van der Waals surface area (Å²) in [5, 5.41) is 23.5. The maximum Gasteiger partial charge on any atom is 0.242 e. The van der Waals surface area contributed by atoms with Gasteiger partial charge in [-0.25, -0.2) is 10.4 Å². The van der Waals surface area contributed by atoms with E-state index >= 15 is 0 Å². The molecule has 2 heterocycles. The van der Waals surface area contributed by atoms with E-state index in [1.807, 2.05) is 0 Å². The van der Waals surface area contributed by atoms with Crippen molar-refractivity contribution in [3.8, 4) is 0 Å². The highest BCUT2D eigenvalue weighted by Crippen LogP contribution is 2.20. The third kappa shape index (κ3) is 4.97. The molecule has 2 rings (SSSR count). The number of nitrogens with one attached hydrogen (secondary N) is 1. The number of β-amino-alcohol motifs (C(OH)–C–C–N with tert-alkyl or cyclic N) is 1. The maximum atomic E-state index is 10.2. The molecule has 0 amide bonds. The third-order valence-corrected chi connectivity index (χ3v) is 3.93. The van der Waals surface area contributed by atoms with Gasteiger partial charge < -0.3 is 25.6 Å². The molecular formula is C15H27N7O3. The van der Waals surface area contributed by atoms with Gasteiger partial charge in [-0.05, 0) is 12.3 Å². The highest BCUT2D eigenvalue weighted by Gasteiger charge is 2.38. The standard InChI is InChI=1S/C15H27N7O3/c1-9(2)4-5-18-21-15-19-13(16)12-14(20-15)22(8-17-12)6-10(24)11(7-23)25-3/h5,8-12,14,23-24H,4,6-7H2,1-3H3,(H3,16,19,20,21)/b18-5-/t10-,11?,12?,14?/m0/s1. The minimum absolute atomic E-state index is 0.199. The minimum atomic E-state index is -0.893. The van der Waals surface area contributed by atoms with Crippen LogP contribution in [0.4, 0.5) is 0 Å². The van der Waals surface area contributed by atoms with Gasteiger partial charge in [0.05, 0.1) is 19.0 Å². The smallest absolute Gasteiger partial charge is 0.242 e. The van der Waals surface area contributed by atoms with Crippen molar-refractivity contribution in [2.45, 2.75) is 44.7 Å². The average molecular weight is 353 g/mol. The Balaban J connectivity index is 2.01. The van der Waals surface area contributed by atoms with Crippen LogP contribution in [0.25, 0.3) is 0 Å². The Hall–Kier alpha value is -2.04. The first-order valence-corrected chi connectivity index (χ1v) is 8.26. The molecular weight excluding hydrogens is 326 g/mol. The monoisotopic (exact) mass is 353 g/mol. The van der Waals surface area contributed by atoms with Crippen LogP contribution in [0.5, 0.6) is 0 Å². The predicted octanol–water partition coefficient (Wildman–Crippen LogP) is -1.26. The first-order valence-electron chi connectivity index (χ1n) is 8.26. The van der Waals surface area contributed by atoms with E-state index in [9.17, 15) is 10.2 Å². The number of hydrazone groups is 1. The van der Waals surface area contributed by atoms with Gasteiger partial charge >= 0.3 is 0 Å². The summed E-state index contributed by atoms with van der Waals surface area (Å²) < 4.78 is 5.05. The molecule has 0 radical (unpaired) electrons. The molecule has 0 aromatic rings. The average Bonchev–Trinajstić information content (AvgIpc) is 2.96. The molecule has 0 saturated heterocycles. The van der Waals surface area contributed by atoms with Crippen LogP contribution in [0.1, 0.15) is 20.3 Å². The number of rotatable bonds is 8. The zero-order valence-corrected chi connectivity index (χ0v) is 14.8. The highest BCUT2D eigenvalue weighted by atomic mass is 16.5. The van der Waals surface area contributed by atoms with Gasteiger partial charge in [-0.1, -0.05) is 13.8 Å². The van der Waals surface area contributed by atoms with E-state index in [1.54, 1.807) is 17.5 Å². The van der Waals surface area contributed by atoms with Crippen molar-refractivity contribution in [1.82, 2.24) is 10.3 Å². The third-order valence-electron chi connectivity index (χ3n) is 3.93. The van der Waals surface area contributed by atoms with Gasteiger partial charge in [0, 0.05) is 19.9 Å². The van der Waals surface area contributed by atoms with Crippen LogP contribution in [0, 0.1) is 5.92 Å². The van der Waals surface area contributed by atoms with Crippen molar-refractivity contribution in [3.05, 3.63) is 0 Å². The summed E-state index contributed by atoms with van der Waals surface area (Å²) in [5.41, 5.74) is 8.76. The van der Waals surface area contributed by atoms with Gasteiger partial charge in [-0.15, -0.1) is 0 Å². The number of hydrogen-bond donors (Lipinski definition) is 4. The summed E-state index contributed by atoms with van der Waals surface area (Å²) in [4.78, 5) is 14.7. The second-order valence-electron chi connectivity index (χ2n) is 6.39. The van der Waals surface area contributed by atoms with Crippen LogP contribution in [0.3, 0.4) is 0 Å². The van der Waals surface area contributed by atoms with E-state index < -0.39 is 24.4 Å². The lowest BCUT2D eigenvalue weighted by molar-refractivity contribution is -0.0484. The molecule has 140 valence electrons. The van der Waals surface area contributed by atoms with E-state index in [0.717, 1.165) is 6.42 Å². The Kier molecular flexibility index (Phi) is 6.85. The van der Waals surface area contributed by atoms with Crippen LogP contribution in [-0.2, 0) is 4.74 Å². The van der Waals surface area contributed by atoms with Gasteiger partial charge in [0.2, 0.25) is 5.96 Å². The molecule has 0 spiro atoms. The molecule has 0 aromatic heterocycles. The van der Waals surface area contributed by atoms with Gasteiger partial charge in [-0.3, -0.25) is 4.99 Å². The Labute approximate surface area is 147 Å². The SMILES string of the molecule is COC(CO)[C@@H](O)CN1C=NC2C(N)=NC(N/N=C\CC(C)C)=NC21. The zero-order chi connectivity index (χ0) is 18.4. The van der Waals surface area contributed by atoms with Crippen molar-refractivity contribution in [1.29, 1.82) is 0 Å². The predicted molar refractivity (Wildman–Crippen MR) is 96.8 cm³/mol. The topological polar surface area (TPSA) is 140 Å². The highest BCUT2D eigenvalue weighted by molar-refractivity contribution is 6.01. The van der Waals surface area contributed by atoms with E-state index in [2.05, 4.69) is 39.4 Å². The van der Waals surface area contributed by atoms with Crippen LogP contribution in [-0.4, -0.2) is 84.1 Å². The van der Waals surface area contributed by atoms with E-state index in [-0.39, 0.29) is 13.2 Å². The number of aliphatic hydroxyl groups is 2. The van der Waals surface area contributed by atoms with Crippen molar-refractivity contribution in [2.24, 2.45) is 31.7 Å². The molecule has 10 heteroatoms. The fourth-order valence-electron chi connectivity index (χ4n) is 2.46. The summed E-state index contributed by atoms with van der Waals surface area (Å²) >= 11 is 0. The molecule has 4 atom stereocenters. The first-order chi connectivity index (χ1) is 12.0. The van der Waals surface area contributed by atoms with Gasteiger partial charge in [-0.2, -0.15) is 10.1 Å². The number of methoxy groups -OCH3 is 1. The van der Waals surface area contributed by atoms with Crippen molar-refractivity contribution in [2.75, 3.05) is 20.3 Å². The number of ether oxygens (including phenoxy) is 1. The number of fused-ring (bicyclic) bond motifs is 1. The van der Waals surface area contributed by atoms with E-state index in [1.165, 1.54) is 7.11 Å². The number of nitrogens with two attached hydrogens (primary N) is 1. The van der Waals surface area contributed by atoms with E-state index in [4.69, 9.17) is 10.5 Å². The fraction of sp³-hybridized carbons (Fsp3) is 0.733. The van der Waals surface area contributed by atoms with Crippen LogP contribution < -0.4 is 11.2 Å². The van der Waals surface area contributed by atoms with Gasteiger partial charge in [0.1, 0.15) is 18.0 Å². The molecule has 5 N–H and O–H groups in total. The summed E-state index contributed by atoms with van der Waals surface area (Å²) in [6.07, 6.45) is 2.21. The maximum absolute atomic E-state index is 10.2. The Morgan fingerprint density at radius 3 is 2.92 bits per heavy atom. The normalized spacial score (nSPS) is 25.1. The lowest BCUT2D eigenvalue weighted by Gasteiger charge is -2.30. The number of amidine groups is 1. The number of guanidine groups is 1. The summed E-state index contributed by atoms with van der Waals surface area (Å²) in [7, 11) is 1.44. The summed E-state index contributed by atoms with van der Waals surface area (Å²) in [5.74, 6) is 1.15. The molecule has 0 fully saturated rings. The lowest BCUT2D eigenvalue weighted by Crippen LogP contribution is -2.50. The zero-order valence-electron chi connectivity index (χ0n) is 14.8. The first kappa shape index (κ1) is 19.3. The van der Waals surface area contributed by atoms with Crippen molar-refractivity contribution >= 4 is 24.3 Å². The van der Waals surface area contributed by atoms with Crippen LogP contribution in [0.2, 0.25) is 0 Å². The van der Waals surface area contributed by atoms with E-state index in [0.29, 0.717) is 17.7 Å². The molecule has 10 nitrogen and oxygen atoms in total. The number of hydrogen-bond acceptors (Lipinski definition) is 10. The molecule has 0 bridgehead atoms. The van der Waals surface area contributed by atoms with Gasteiger partial charge in [0.15, 0.2) is 6.17 Å². The van der Waals surface area contributed by atoms with Crippen molar-refractivity contribution in [3.63, 3.8) is 0 Å². The second kappa shape index (κ2) is 8.88. The molecule has 2 aliphatic rings. The van der Waals surface area contributed by atoms with Gasteiger partial charge in [0.25, 0.3) is 0 Å². The minimum Gasteiger partial charge on any atom is -0.394 e. The number of nitrogens with zero attached hydrogens (tertiary/aromatic N) is 5. The largest absolute Gasteiger partial charge is 0.394 e. The second-order valence-corrected chi connectivity index (χ2v) is 6.39. The quantitative estimate of drug-likeness (QED) is 0.317. The Morgan fingerprint density at radius 1 is 1.52 bits per heavy atom. The Bertz CT molecular complexity index is 557. The molecule has 0 aliphatic carbocycles.